The highest BCUT2D eigenvalue weighted by Crippen LogP contribution is 2.20. The zero-order valence-corrected chi connectivity index (χ0v) is 13.7. The number of benzene rings is 1. The molecule has 1 aromatic carbocycles. The van der Waals surface area contributed by atoms with Crippen molar-refractivity contribution >= 4 is 12.2 Å². The Balaban J connectivity index is 2.15. The second-order valence-electron chi connectivity index (χ2n) is 6.50. The van der Waals surface area contributed by atoms with Gasteiger partial charge in [0, 0.05) is 12.2 Å². The van der Waals surface area contributed by atoms with Crippen LogP contribution in [0, 0.1) is 0 Å². The molecular formula is C19H25NO2. The van der Waals surface area contributed by atoms with Crippen LogP contribution in [-0.4, -0.2) is 23.1 Å². The predicted octanol–water partition coefficient (Wildman–Crippen LogP) is 5.00. The van der Waals surface area contributed by atoms with E-state index in [2.05, 4.69) is 6.08 Å². The van der Waals surface area contributed by atoms with Gasteiger partial charge in [-0.15, -0.1) is 0 Å². The van der Waals surface area contributed by atoms with E-state index in [1.807, 2.05) is 63.3 Å². The first kappa shape index (κ1) is 16.3. The summed E-state index contributed by atoms with van der Waals surface area (Å²) in [6.45, 7) is 6.39. The Labute approximate surface area is 133 Å². The summed E-state index contributed by atoms with van der Waals surface area (Å²) in [5.74, 6) is 0. The monoisotopic (exact) mass is 299 g/mol. The highest BCUT2D eigenvalue weighted by molar-refractivity contribution is 5.72. The van der Waals surface area contributed by atoms with Gasteiger partial charge in [-0.05, 0) is 51.7 Å². The van der Waals surface area contributed by atoms with Gasteiger partial charge in [0.1, 0.15) is 5.60 Å². The molecule has 1 aromatic rings. The summed E-state index contributed by atoms with van der Waals surface area (Å²) in [5, 5.41) is 0. The van der Waals surface area contributed by atoms with Gasteiger partial charge in [0.05, 0.1) is 0 Å². The fourth-order valence-corrected chi connectivity index (χ4v) is 2.32. The zero-order valence-electron chi connectivity index (χ0n) is 13.7. The quantitative estimate of drug-likeness (QED) is 0.768. The van der Waals surface area contributed by atoms with Crippen molar-refractivity contribution in [2.24, 2.45) is 0 Å². The van der Waals surface area contributed by atoms with E-state index < -0.39 is 5.60 Å². The molecule has 1 aliphatic rings. The van der Waals surface area contributed by atoms with Crippen molar-refractivity contribution in [3.63, 3.8) is 0 Å². The number of carbonyl (C=O) groups is 1. The van der Waals surface area contributed by atoms with Crippen LogP contribution in [0.25, 0.3) is 6.08 Å². The molecule has 3 heteroatoms. The van der Waals surface area contributed by atoms with Crippen molar-refractivity contribution in [3.05, 3.63) is 53.7 Å². The lowest BCUT2D eigenvalue weighted by atomic mass is 10.2. The first-order valence-electron chi connectivity index (χ1n) is 7.89. The van der Waals surface area contributed by atoms with E-state index >= 15 is 0 Å². The van der Waals surface area contributed by atoms with Crippen LogP contribution in [0.3, 0.4) is 0 Å². The fraction of sp³-hybridized carbons (Fsp3) is 0.421. The molecule has 0 saturated carbocycles. The fourth-order valence-electron chi connectivity index (χ4n) is 2.32. The molecule has 0 atom stereocenters. The van der Waals surface area contributed by atoms with Gasteiger partial charge >= 0.3 is 6.09 Å². The van der Waals surface area contributed by atoms with E-state index in [1.165, 1.54) is 0 Å². The average Bonchev–Trinajstić information content (AvgIpc) is 2.70. The smallest absolute Gasteiger partial charge is 0.414 e. The number of ether oxygens (including phenoxy) is 1. The Morgan fingerprint density at radius 3 is 2.55 bits per heavy atom. The number of carbonyl (C=O) groups excluding carboxylic acids is 1. The number of hydrogen-bond donors (Lipinski definition) is 0. The van der Waals surface area contributed by atoms with E-state index in [0.717, 1.165) is 30.5 Å². The van der Waals surface area contributed by atoms with Crippen molar-refractivity contribution in [1.29, 1.82) is 0 Å². The Morgan fingerprint density at radius 2 is 1.86 bits per heavy atom. The lowest BCUT2D eigenvalue weighted by Gasteiger charge is -2.27. The lowest BCUT2D eigenvalue weighted by molar-refractivity contribution is 0.0321. The molecule has 1 amide bonds. The molecule has 0 N–H and O–H groups in total. The van der Waals surface area contributed by atoms with Gasteiger partial charge in [-0.25, -0.2) is 4.79 Å². The Bertz CT molecular complexity index is 553. The SMILES string of the molecule is CC(C)(C)OC(=O)N1CCCCC=C1/C=C/c1ccccc1. The molecule has 2 rings (SSSR count). The maximum absolute atomic E-state index is 12.4. The maximum Gasteiger partial charge on any atom is 0.414 e. The lowest BCUT2D eigenvalue weighted by Crippen LogP contribution is -2.36. The van der Waals surface area contributed by atoms with Crippen LogP contribution in [0.15, 0.2) is 48.2 Å². The van der Waals surface area contributed by atoms with Crippen molar-refractivity contribution in [2.45, 2.75) is 45.6 Å². The first-order valence-corrected chi connectivity index (χ1v) is 7.89. The molecule has 22 heavy (non-hydrogen) atoms. The van der Waals surface area contributed by atoms with Gasteiger partial charge in [-0.3, -0.25) is 4.90 Å². The zero-order chi connectivity index (χ0) is 16.0. The molecule has 0 spiro atoms. The first-order chi connectivity index (χ1) is 10.5. The third-order valence-electron chi connectivity index (χ3n) is 3.36. The van der Waals surface area contributed by atoms with E-state index in [-0.39, 0.29) is 6.09 Å². The number of nitrogens with zero attached hydrogens (tertiary/aromatic N) is 1. The number of amides is 1. The Morgan fingerprint density at radius 1 is 1.14 bits per heavy atom. The molecule has 0 fully saturated rings. The molecule has 1 heterocycles. The van der Waals surface area contributed by atoms with E-state index in [0.29, 0.717) is 6.54 Å². The Hall–Kier alpha value is -2.03. The molecule has 118 valence electrons. The summed E-state index contributed by atoms with van der Waals surface area (Å²) in [6, 6.07) is 10.1. The van der Waals surface area contributed by atoms with Crippen LogP contribution < -0.4 is 0 Å². The summed E-state index contributed by atoms with van der Waals surface area (Å²) in [5.41, 5.74) is 1.57. The topological polar surface area (TPSA) is 29.5 Å². The standard InChI is InChI=1S/C19H25NO2/c1-19(2,3)22-18(21)20-15-9-5-8-12-17(20)14-13-16-10-6-4-7-11-16/h4,6-7,10-14H,5,8-9,15H2,1-3H3/b14-13+. The third kappa shape index (κ3) is 5.06. The second-order valence-corrected chi connectivity index (χ2v) is 6.50. The van der Waals surface area contributed by atoms with Gasteiger partial charge in [0.25, 0.3) is 0 Å². The average molecular weight is 299 g/mol. The van der Waals surface area contributed by atoms with Gasteiger partial charge in [-0.1, -0.05) is 42.5 Å². The largest absolute Gasteiger partial charge is 0.443 e. The third-order valence-corrected chi connectivity index (χ3v) is 3.36. The minimum atomic E-state index is -0.475. The van der Waals surface area contributed by atoms with Crippen LogP contribution in [0.1, 0.15) is 45.6 Å². The van der Waals surface area contributed by atoms with Gasteiger partial charge < -0.3 is 4.74 Å². The van der Waals surface area contributed by atoms with E-state index in [9.17, 15) is 4.79 Å². The van der Waals surface area contributed by atoms with Crippen LogP contribution in [0.2, 0.25) is 0 Å². The molecule has 0 aromatic heterocycles. The van der Waals surface area contributed by atoms with Gasteiger partial charge in [-0.2, -0.15) is 0 Å². The summed E-state index contributed by atoms with van der Waals surface area (Å²) in [7, 11) is 0. The van der Waals surface area contributed by atoms with Crippen LogP contribution in [0.5, 0.6) is 0 Å². The van der Waals surface area contributed by atoms with Crippen molar-refractivity contribution in [1.82, 2.24) is 4.90 Å². The molecule has 0 aliphatic carbocycles. The van der Waals surface area contributed by atoms with Crippen LogP contribution in [-0.2, 0) is 4.74 Å². The van der Waals surface area contributed by atoms with Crippen molar-refractivity contribution in [2.75, 3.05) is 6.54 Å². The number of hydrogen-bond acceptors (Lipinski definition) is 2. The number of allylic oxidation sites excluding steroid dienone is 2. The molecule has 0 saturated heterocycles. The Kier molecular flexibility index (Phi) is 5.42. The van der Waals surface area contributed by atoms with E-state index in [1.54, 1.807) is 4.90 Å². The summed E-state index contributed by atoms with van der Waals surface area (Å²) < 4.78 is 5.53. The molecule has 3 nitrogen and oxygen atoms in total. The highest BCUT2D eigenvalue weighted by atomic mass is 16.6. The van der Waals surface area contributed by atoms with Crippen molar-refractivity contribution < 1.29 is 9.53 Å². The second kappa shape index (κ2) is 7.30. The summed E-state index contributed by atoms with van der Waals surface area (Å²) in [6.07, 6.45) is 8.99. The van der Waals surface area contributed by atoms with Crippen LogP contribution in [0.4, 0.5) is 4.79 Å². The van der Waals surface area contributed by atoms with E-state index in [4.69, 9.17) is 4.74 Å². The maximum atomic E-state index is 12.4. The normalized spacial score (nSPS) is 16.3. The minimum absolute atomic E-state index is 0.265. The number of rotatable bonds is 2. The molecule has 0 radical (unpaired) electrons. The summed E-state index contributed by atoms with van der Waals surface area (Å²) in [4.78, 5) is 14.2. The van der Waals surface area contributed by atoms with Crippen molar-refractivity contribution in [3.8, 4) is 0 Å². The van der Waals surface area contributed by atoms with Gasteiger partial charge in [0.15, 0.2) is 0 Å². The molecule has 0 unspecified atom stereocenters. The minimum Gasteiger partial charge on any atom is -0.443 e. The van der Waals surface area contributed by atoms with Gasteiger partial charge in [0.2, 0.25) is 0 Å². The highest BCUT2D eigenvalue weighted by Gasteiger charge is 2.24. The summed E-state index contributed by atoms with van der Waals surface area (Å²) >= 11 is 0. The predicted molar refractivity (Wildman–Crippen MR) is 90.4 cm³/mol. The van der Waals surface area contributed by atoms with Crippen LogP contribution >= 0.6 is 0 Å². The molecule has 0 bridgehead atoms. The molecular weight excluding hydrogens is 274 g/mol. The molecule has 1 aliphatic heterocycles.